The van der Waals surface area contributed by atoms with E-state index < -0.39 is 14.6 Å². The van der Waals surface area contributed by atoms with Gasteiger partial charge in [-0.25, -0.2) is 8.42 Å². The van der Waals surface area contributed by atoms with E-state index >= 15 is 0 Å². The lowest BCUT2D eigenvalue weighted by Gasteiger charge is -2.39. The number of hydrogen-bond donors (Lipinski definition) is 1. The number of benzene rings is 1. The van der Waals surface area contributed by atoms with E-state index in [-0.39, 0.29) is 29.7 Å². The third-order valence-corrected chi connectivity index (χ3v) is 6.62. The molecule has 1 aliphatic rings. The number of hydrogen-bond acceptors (Lipinski definition) is 3. The fraction of sp³-hybridized carbons (Fsp3) is 0.562. The predicted molar refractivity (Wildman–Crippen MR) is 106 cm³/mol. The van der Waals surface area contributed by atoms with Gasteiger partial charge in [-0.15, -0.1) is 24.0 Å². The first-order chi connectivity index (χ1) is 10.2. The Labute approximate surface area is 156 Å². The van der Waals surface area contributed by atoms with Crippen molar-refractivity contribution >= 4 is 39.8 Å². The minimum atomic E-state index is -3.03. The number of guanidine groups is 1. The summed E-state index contributed by atoms with van der Waals surface area (Å²) in [5.74, 6) is 0.926. The third-order valence-electron chi connectivity index (χ3n) is 4.09. The quantitative estimate of drug-likeness (QED) is 0.426. The van der Waals surface area contributed by atoms with E-state index in [0.717, 1.165) is 5.96 Å². The van der Waals surface area contributed by atoms with Crippen LogP contribution in [-0.4, -0.2) is 49.9 Å². The lowest BCUT2D eigenvalue weighted by atomic mass is 10.1. The smallest absolute Gasteiger partial charge is 0.193 e. The Kier molecular flexibility index (Phi) is 6.88. The summed E-state index contributed by atoms with van der Waals surface area (Å²) in [6.45, 7) is 7.25. The molecule has 0 amide bonds. The molecule has 1 heterocycles. The number of nitrogens with zero attached hydrogens (tertiary/aromatic N) is 2. The third kappa shape index (κ3) is 4.82. The number of aryl methyl sites for hydroxylation is 1. The molecule has 0 unspecified atom stereocenters. The normalized spacial score (nSPS) is 19.8. The van der Waals surface area contributed by atoms with E-state index in [2.05, 4.69) is 35.4 Å². The van der Waals surface area contributed by atoms with Crippen LogP contribution in [0.2, 0.25) is 0 Å². The van der Waals surface area contributed by atoms with Crippen molar-refractivity contribution in [2.24, 2.45) is 4.99 Å². The first-order valence-corrected chi connectivity index (χ1v) is 9.14. The molecule has 0 bridgehead atoms. The summed E-state index contributed by atoms with van der Waals surface area (Å²) in [5.41, 5.74) is 2.41. The molecule has 1 aromatic carbocycles. The Morgan fingerprint density at radius 2 is 2.09 bits per heavy atom. The van der Waals surface area contributed by atoms with Crippen LogP contribution < -0.4 is 5.32 Å². The van der Waals surface area contributed by atoms with Gasteiger partial charge in [0.15, 0.2) is 15.8 Å². The second-order valence-corrected chi connectivity index (χ2v) is 9.13. The molecule has 0 saturated carbocycles. The van der Waals surface area contributed by atoms with Crippen molar-refractivity contribution in [1.29, 1.82) is 0 Å². The van der Waals surface area contributed by atoms with Crippen molar-refractivity contribution in [2.75, 3.05) is 25.9 Å². The molecule has 1 fully saturated rings. The summed E-state index contributed by atoms with van der Waals surface area (Å²) < 4.78 is 23.4. The van der Waals surface area contributed by atoms with Crippen molar-refractivity contribution in [1.82, 2.24) is 10.2 Å². The largest absolute Gasteiger partial charge is 0.352 e. The van der Waals surface area contributed by atoms with Crippen LogP contribution in [0.5, 0.6) is 0 Å². The minimum Gasteiger partial charge on any atom is -0.352 e. The second kappa shape index (κ2) is 7.83. The van der Waals surface area contributed by atoms with Gasteiger partial charge in [-0.2, -0.15) is 0 Å². The molecular weight excluding hydrogens is 425 g/mol. The Morgan fingerprint density at radius 1 is 1.39 bits per heavy atom. The highest BCUT2D eigenvalue weighted by molar-refractivity contribution is 14.0. The van der Waals surface area contributed by atoms with E-state index in [1.165, 1.54) is 11.1 Å². The van der Waals surface area contributed by atoms with Crippen molar-refractivity contribution in [3.63, 3.8) is 0 Å². The standard InChI is InChI=1S/C16H25N3O2S.HI/c1-13-6-5-7-14(10-13)11-18-15(17-4)19-8-9-22(20,21)16(2,3)12-19;/h5-7,10H,8-9,11-12H2,1-4H3,(H,17,18);1H. The highest BCUT2D eigenvalue weighted by atomic mass is 127. The van der Waals surface area contributed by atoms with Gasteiger partial charge < -0.3 is 10.2 Å². The number of sulfone groups is 1. The fourth-order valence-electron chi connectivity index (χ4n) is 2.66. The van der Waals surface area contributed by atoms with Crippen LogP contribution in [0.3, 0.4) is 0 Å². The van der Waals surface area contributed by atoms with Gasteiger partial charge in [0.1, 0.15) is 0 Å². The second-order valence-electron chi connectivity index (χ2n) is 6.39. The number of nitrogens with one attached hydrogen (secondary N) is 1. The van der Waals surface area contributed by atoms with Gasteiger partial charge in [0.25, 0.3) is 0 Å². The minimum absolute atomic E-state index is 0. The number of halogens is 1. The highest BCUT2D eigenvalue weighted by Crippen LogP contribution is 2.23. The molecule has 2 rings (SSSR count). The van der Waals surface area contributed by atoms with Gasteiger partial charge in [0, 0.05) is 26.7 Å². The molecule has 1 N–H and O–H groups in total. The SMILES string of the molecule is CN=C(NCc1cccc(C)c1)N1CCS(=O)(=O)C(C)(C)C1.I. The maximum atomic E-state index is 12.1. The van der Waals surface area contributed by atoms with Gasteiger partial charge in [-0.1, -0.05) is 29.8 Å². The predicted octanol–water partition coefficient (Wildman–Crippen LogP) is 2.20. The van der Waals surface area contributed by atoms with Crippen molar-refractivity contribution in [3.8, 4) is 0 Å². The Morgan fingerprint density at radius 3 is 2.65 bits per heavy atom. The summed E-state index contributed by atoms with van der Waals surface area (Å²) in [5, 5.41) is 3.33. The molecule has 1 aliphatic heterocycles. The molecule has 1 saturated heterocycles. The van der Waals surface area contributed by atoms with Crippen molar-refractivity contribution in [3.05, 3.63) is 35.4 Å². The van der Waals surface area contributed by atoms with E-state index in [0.29, 0.717) is 19.6 Å². The molecule has 130 valence electrons. The molecule has 7 heteroatoms. The van der Waals surface area contributed by atoms with E-state index in [4.69, 9.17) is 0 Å². The van der Waals surface area contributed by atoms with Crippen molar-refractivity contribution < 1.29 is 8.42 Å². The van der Waals surface area contributed by atoms with Gasteiger partial charge in [-0.05, 0) is 26.3 Å². The van der Waals surface area contributed by atoms with Crippen LogP contribution in [0.15, 0.2) is 29.3 Å². The lowest BCUT2D eigenvalue weighted by molar-refractivity contribution is 0.353. The van der Waals surface area contributed by atoms with Crippen LogP contribution in [0.4, 0.5) is 0 Å². The zero-order valence-corrected chi connectivity index (χ0v) is 17.3. The van der Waals surface area contributed by atoms with Gasteiger partial charge in [0.2, 0.25) is 0 Å². The number of rotatable bonds is 2. The molecule has 0 aromatic heterocycles. The molecule has 0 aliphatic carbocycles. The number of aliphatic imine (C=N–C) groups is 1. The Hall–Kier alpha value is -0.830. The van der Waals surface area contributed by atoms with Gasteiger partial charge >= 0.3 is 0 Å². The molecule has 0 spiro atoms. The highest BCUT2D eigenvalue weighted by Gasteiger charge is 2.40. The van der Waals surface area contributed by atoms with Crippen LogP contribution in [0.25, 0.3) is 0 Å². The Bertz CT molecular complexity index is 672. The van der Waals surface area contributed by atoms with Gasteiger partial charge in [-0.3, -0.25) is 4.99 Å². The van der Waals surface area contributed by atoms with Crippen LogP contribution >= 0.6 is 24.0 Å². The zero-order chi connectivity index (χ0) is 16.4. The van der Waals surface area contributed by atoms with E-state index in [9.17, 15) is 8.42 Å². The first kappa shape index (κ1) is 20.2. The summed E-state index contributed by atoms with van der Waals surface area (Å²) in [6, 6.07) is 8.30. The van der Waals surface area contributed by atoms with Crippen LogP contribution in [0, 0.1) is 6.92 Å². The molecule has 5 nitrogen and oxygen atoms in total. The van der Waals surface area contributed by atoms with E-state index in [1.54, 1.807) is 20.9 Å². The lowest BCUT2D eigenvalue weighted by Crippen LogP contribution is -2.57. The van der Waals surface area contributed by atoms with E-state index in [1.807, 2.05) is 11.0 Å². The summed E-state index contributed by atoms with van der Waals surface area (Å²) >= 11 is 0. The maximum absolute atomic E-state index is 12.1. The van der Waals surface area contributed by atoms with Gasteiger partial charge in [0.05, 0.1) is 10.5 Å². The zero-order valence-electron chi connectivity index (χ0n) is 14.2. The average Bonchev–Trinajstić information content (AvgIpc) is 2.43. The molecular formula is C16H26IN3O2S. The fourth-order valence-corrected chi connectivity index (χ4v) is 4.03. The Balaban J connectivity index is 0.00000264. The summed E-state index contributed by atoms with van der Waals surface area (Å²) in [6.07, 6.45) is 0. The molecule has 0 atom stereocenters. The molecule has 0 radical (unpaired) electrons. The maximum Gasteiger partial charge on any atom is 0.193 e. The average molecular weight is 451 g/mol. The van der Waals surface area contributed by atoms with Crippen LogP contribution in [-0.2, 0) is 16.4 Å². The summed E-state index contributed by atoms with van der Waals surface area (Å²) in [7, 11) is -1.30. The van der Waals surface area contributed by atoms with Crippen LogP contribution in [0.1, 0.15) is 25.0 Å². The monoisotopic (exact) mass is 451 g/mol. The topological polar surface area (TPSA) is 61.8 Å². The summed E-state index contributed by atoms with van der Waals surface area (Å²) in [4.78, 5) is 6.32. The first-order valence-electron chi connectivity index (χ1n) is 7.49. The van der Waals surface area contributed by atoms with Crippen molar-refractivity contribution in [2.45, 2.75) is 32.1 Å². The molecule has 1 aromatic rings. The molecule has 23 heavy (non-hydrogen) atoms.